The molecule has 0 saturated carbocycles. The molecule has 1 aliphatic carbocycles. The third-order valence-corrected chi connectivity index (χ3v) is 5.37. The number of nitrogens with zero attached hydrogens (tertiary/aromatic N) is 3. The molecule has 0 atom stereocenters. The lowest BCUT2D eigenvalue weighted by molar-refractivity contribution is 0.240. The molecule has 2 aromatic carbocycles. The van der Waals surface area contributed by atoms with Crippen molar-refractivity contribution in [3.05, 3.63) is 64.2 Å². The zero-order valence-corrected chi connectivity index (χ0v) is 16.3. The summed E-state index contributed by atoms with van der Waals surface area (Å²) in [4.78, 5) is 2.21. The minimum Gasteiger partial charge on any atom is -0.385 e. The van der Waals surface area contributed by atoms with Gasteiger partial charge in [-0.1, -0.05) is 30.3 Å². The van der Waals surface area contributed by atoms with Gasteiger partial charge in [0.1, 0.15) is 0 Å². The van der Waals surface area contributed by atoms with Gasteiger partial charge in [-0.2, -0.15) is 5.10 Å². The maximum absolute atomic E-state index is 5.67. The van der Waals surface area contributed by atoms with Crippen LogP contribution in [0.25, 0.3) is 0 Å². The quantitative estimate of drug-likeness (QED) is 0.633. The fourth-order valence-electron chi connectivity index (χ4n) is 3.95. The first-order valence-electron chi connectivity index (χ1n) is 9.83. The molecule has 0 bridgehead atoms. The van der Waals surface area contributed by atoms with Crippen molar-refractivity contribution in [2.75, 3.05) is 45.6 Å². The number of nitrogens with two attached hydrogens (primary N) is 1. The summed E-state index contributed by atoms with van der Waals surface area (Å²) < 4.78 is 0. The van der Waals surface area contributed by atoms with Gasteiger partial charge in [-0.3, -0.25) is 5.01 Å². The monoisotopic (exact) mass is 363 g/mol. The molecule has 0 amide bonds. The minimum absolute atomic E-state index is 0.712. The SMILES string of the molecule is CN(C)CCN1Cc2ccc(NCCCN)c3c2C(=N1)c1ccccc1C3. The van der Waals surface area contributed by atoms with Gasteiger partial charge < -0.3 is 16.0 Å². The van der Waals surface area contributed by atoms with Crippen LogP contribution in [-0.4, -0.2) is 55.9 Å². The predicted molar refractivity (Wildman–Crippen MR) is 112 cm³/mol. The van der Waals surface area contributed by atoms with E-state index >= 15 is 0 Å². The summed E-state index contributed by atoms with van der Waals surface area (Å²) in [5.74, 6) is 0. The number of benzene rings is 2. The standard InChI is InChI=1S/C22H29N5/c1-26(2)12-13-27-15-17-8-9-20(24-11-5-10-23)19-14-16-6-3-4-7-18(16)22(25-27)21(17)19/h3-4,6-9,24H,5,10-15,23H2,1-2H3. The van der Waals surface area contributed by atoms with Crippen molar-refractivity contribution in [3.63, 3.8) is 0 Å². The zero-order chi connectivity index (χ0) is 18.8. The second kappa shape index (κ2) is 7.71. The second-order valence-electron chi connectivity index (χ2n) is 7.67. The lowest BCUT2D eigenvalue weighted by Gasteiger charge is -2.34. The van der Waals surface area contributed by atoms with Crippen LogP contribution in [0.4, 0.5) is 5.69 Å². The maximum atomic E-state index is 5.67. The van der Waals surface area contributed by atoms with E-state index in [4.69, 9.17) is 10.8 Å². The molecule has 4 rings (SSSR count). The minimum atomic E-state index is 0.712. The van der Waals surface area contributed by atoms with Crippen LogP contribution in [0.1, 0.15) is 34.2 Å². The molecule has 1 heterocycles. The van der Waals surface area contributed by atoms with Crippen LogP contribution in [0.5, 0.6) is 0 Å². The van der Waals surface area contributed by atoms with E-state index in [2.05, 4.69) is 65.7 Å². The highest BCUT2D eigenvalue weighted by Gasteiger charge is 2.30. The van der Waals surface area contributed by atoms with Gasteiger partial charge >= 0.3 is 0 Å². The van der Waals surface area contributed by atoms with Gasteiger partial charge in [-0.25, -0.2) is 0 Å². The summed E-state index contributed by atoms with van der Waals surface area (Å²) in [6, 6.07) is 13.2. The summed E-state index contributed by atoms with van der Waals surface area (Å²) >= 11 is 0. The summed E-state index contributed by atoms with van der Waals surface area (Å²) in [6.07, 6.45) is 1.94. The molecule has 0 unspecified atom stereocenters. The molecule has 5 heteroatoms. The normalized spacial score (nSPS) is 14.7. The maximum Gasteiger partial charge on any atom is 0.0986 e. The summed E-state index contributed by atoms with van der Waals surface area (Å²) in [5, 5.41) is 10.9. The Morgan fingerprint density at radius 1 is 1.15 bits per heavy atom. The molecule has 2 aliphatic rings. The van der Waals surface area contributed by atoms with Crippen molar-refractivity contribution >= 4 is 11.4 Å². The van der Waals surface area contributed by atoms with Crippen molar-refractivity contribution in [1.82, 2.24) is 9.91 Å². The Balaban J connectivity index is 1.75. The molecule has 5 nitrogen and oxygen atoms in total. The van der Waals surface area contributed by atoms with Crippen LogP contribution in [-0.2, 0) is 13.0 Å². The summed E-state index contributed by atoms with van der Waals surface area (Å²) in [7, 11) is 4.22. The fraction of sp³-hybridized carbons (Fsp3) is 0.409. The highest BCUT2D eigenvalue weighted by atomic mass is 15.5. The molecular weight excluding hydrogens is 334 g/mol. The zero-order valence-electron chi connectivity index (χ0n) is 16.3. The Morgan fingerprint density at radius 2 is 2.00 bits per heavy atom. The fourth-order valence-corrected chi connectivity index (χ4v) is 3.95. The topological polar surface area (TPSA) is 56.9 Å². The van der Waals surface area contributed by atoms with E-state index in [1.54, 1.807) is 0 Å². The third kappa shape index (κ3) is 3.57. The van der Waals surface area contributed by atoms with Crippen LogP contribution < -0.4 is 11.1 Å². The van der Waals surface area contributed by atoms with Crippen molar-refractivity contribution in [3.8, 4) is 0 Å². The van der Waals surface area contributed by atoms with E-state index in [1.165, 1.54) is 33.5 Å². The number of hydrogen-bond donors (Lipinski definition) is 2. The first-order chi connectivity index (χ1) is 13.2. The molecule has 1 aliphatic heterocycles. The number of anilines is 1. The van der Waals surface area contributed by atoms with Crippen molar-refractivity contribution in [2.45, 2.75) is 19.4 Å². The van der Waals surface area contributed by atoms with E-state index < -0.39 is 0 Å². The Hall–Kier alpha value is -2.37. The summed E-state index contributed by atoms with van der Waals surface area (Å²) in [6.45, 7) is 4.43. The average Bonchev–Trinajstić information content (AvgIpc) is 2.68. The molecule has 0 saturated heterocycles. The molecule has 142 valence electrons. The van der Waals surface area contributed by atoms with Crippen molar-refractivity contribution in [2.24, 2.45) is 10.8 Å². The van der Waals surface area contributed by atoms with E-state index in [1.807, 2.05) is 0 Å². The lowest BCUT2D eigenvalue weighted by Crippen LogP contribution is -2.34. The number of likely N-dealkylation sites (N-methyl/N-ethyl adjacent to an activating group) is 1. The number of fused-ring (bicyclic) bond motifs is 2. The van der Waals surface area contributed by atoms with Crippen LogP contribution >= 0.6 is 0 Å². The Labute approximate surface area is 161 Å². The molecule has 0 spiro atoms. The van der Waals surface area contributed by atoms with Crippen molar-refractivity contribution in [1.29, 1.82) is 0 Å². The number of rotatable bonds is 7. The first-order valence-corrected chi connectivity index (χ1v) is 9.83. The third-order valence-electron chi connectivity index (χ3n) is 5.37. The lowest BCUT2D eigenvalue weighted by atomic mass is 9.80. The molecule has 3 N–H and O–H groups in total. The van der Waals surface area contributed by atoms with Gasteiger partial charge in [0, 0.05) is 42.9 Å². The molecule has 0 aromatic heterocycles. The second-order valence-corrected chi connectivity index (χ2v) is 7.67. The Morgan fingerprint density at radius 3 is 2.81 bits per heavy atom. The smallest absolute Gasteiger partial charge is 0.0986 e. The van der Waals surface area contributed by atoms with Gasteiger partial charge in [-0.05, 0) is 49.8 Å². The molecule has 27 heavy (non-hydrogen) atoms. The van der Waals surface area contributed by atoms with E-state index in [-0.39, 0.29) is 0 Å². The van der Waals surface area contributed by atoms with E-state index in [0.29, 0.717) is 6.54 Å². The highest BCUT2D eigenvalue weighted by molar-refractivity contribution is 6.17. The number of hydrogen-bond acceptors (Lipinski definition) is 5. The van der Waals surface area contributed by atoms with Gasteiger partial charge in [0.2, 0.25) is 0 Å². The Bertz CT molecular complexity index is 856. The first kappa shape index (κ1) is 18.0. The highest BCUT2D eigenvalue weighted by Crippen LogP contribution is 2.37. The average molecular weight is 364 g/mol. The van der Waals surface area contributed by atoms with Crippen LogP contribution in [0.3, 0.4) is 0 Å². The predicted octanol–water partition coefficient (Wildman–Crippen LogP) is 2.48. The van der Waals surface area contributed by atoms with Crippen LogP contribution in [0.2, 0.25) is 0 Å². The molecule has 0 radical (unpaired) electrons. The van der Waals surface area contributed by atoms with Gasteiger partial charge in [-0.15, -0.1) is 0 Å². The van der Waals surface area contributed by atoms with Crippen LogP contribution in [0, 0.1) is 0 Å². The molecular formula is C22H29N5. The van der Waals surface area contributed by atoms with Gasteiger partial charge in [0.25, 0.3) is 0 Å². The van der Waals surface area contributed by atoms with E-state index in [0.717, 1.165) is 44.7 Å². The number of hydrazone groups is 1. The Kier molecular flexibility index (Phi) is 5.14. The largest absolute Gasteiger partial charge is 0.385 e. The van der Waals surface area contributed by atoms with Gasteiger partial charge in [0.05, 0.1) is 12.3 Å². The number of nitrogens with one attached hydrogen (secondary N) is 1. The van der Waals surface area contributed by atoms with Gasteiger partial charge in [0.15, 0.2) is 0 Å². The van der Waals surface area contributed by atoms with Crippen molar-refractivity contribution < 1.29 is 0 Å². The summed E-state index contributed by atoms with van der Waals surface area (Å²) in [5.41, 5.74) is 14.8. The van der Waals surface area contributed by atoms with Crippen LogP contribution in [0.15, 0.2) is 41.5 Å². The molecule has 2 aromatic rings. The van der Waals surface area contributed by atoms with E-state index in [9.17, 15) is 0 Å². The molecule has 0 fully saturated rings.